The van der Waals surface area contributed by atoms with Gasteiger partial charge in [0.1, 0.15) is 5.75 Å². The molecule has 0 spiro atoms. The average molecular weight is 343 g/mol. The average Bonchev–Trinajstić information content (AvgIpc) is 2.85. The summed E-state index contributed by atoms with van der Waals surface area (Å²) in [7, 11) is 0. The van der Waals surface area contributed by atoms with Crippen molar-refractivity contribution < 1.29 is 19.1 Å². The van der Waals surface area contributed by atoms with Crippen molar-refractivity contribution in [3.63, 3.8) is 0 Å². The second kappa shape index (κ2) is 6.27. The molecule has 1 unspecified atom stereocenters. The molecule has 6 heteroatoms. The molecule has 1 aliphatic rings. The van der Waals surface area contributed by atoms with Crippen molar-refractivity contribution in [3.8, 4) is 17.2 Å². The van der Waals surface area contributed by atoms with Crippen LogP contribution in [0.3, 0.4) is 0 Å². The van der Waals surface area contributed by atoms with Gasteiger partial charge in [-0.2, -0.15) is 0 Å². The molecule has 1 atom stereocenters. The van der Waals surface area contributed by atoms with Crippen LogP contribution in [-0.2, 0) is 0 Å². The van der Waals surface area contributed by atoms with Gasteiger partial charge in [0, 0.05) is 13.0 Å². The normalized spacial score (nSPS) is 18.2. The molecular weight excluding hydrogens is 322 g/mol. The highest BCUT2D eigenvalue weighted by Crippen LogP contribution is 2.42. The van der Waals surface area contributed by atoms with Crippen molar-refractivity contribution in [2.75, 3.05) is 6.61 Å². The van der Waals surface area contributed by atoms with Crippen molar-refractivity contribution in [1.82, 2.24) is 0 Å². The first-order chi connectivity index (χ1) is 11.8. The van der Waals surface area contributed by atoms with Crippen LogP contribution in [0.25, 0.3) is 0 Å². The van der Waals surface area contributed by atoms with E-state index < -0.39 is 10.7 Å². The smallest absolute Gasteiger partial charge is 0.273 e. The minimum absolute atomic E-state index is 0.0197. The zero-order valence-electron chi connectivity index (χ0n) is 14.8. The van der Waals surface area contributed by atoms with Crippen LogP contribution in [0.2, 0.25) is 0 Å². The lowest BCUT2D eigenvalue weighted by Gasteiger charge is -2.23. The standard InChI is InChI=1S/C19H21NO5/c1-12-9-13(2)18(14(3)10-12)23-8-7-19(4)24-16-6-5-15(20(21)22)11-17(16)25-19/h5-6,9-11H,7-8H2,1-4H3. The number of benzene rings is 2. The van der Waals surface area contributed by atoms with Gasteiger partial charge in [0.15, 0.2) is 11.5 Å². The van der Waals surface area contributed by atoms with Crippen LogP contribution < -0.4 is 14.2 Å². The van der Waals surface area contributed by atoms with Gasteiger partial charge in [0.2, 0.25) is 0 Å². The third-order valence-corrected chi connectivity index (χ3v) is 4.20. The molecular formula is C19H21NO5. The molecule has 1 heterocycles. The molecule has 0 saturated carbocycles. The van der Waals surface area contributed by atoms with E-state index in [4.69, 9.17) is 14.2 Å². The fraction of sp³-hybridized carbons (Fsp3) is 0.368. The van der Waals surface area contributed by atoms with Crippen LogP contribution in [0.4, 0.5) is 5.69 Å². The van der Waals surface area contributed by atoms with Gasteiger partial charge in [-0.3, -0.25) is 10.1 Å². The van der Waals surface area contributed by atoms with Gasteiger partial charge in [0.25, 0.3) is 11.5 Å². The van der Waals surface area contributed by atoms with E-state index in [0.717, 1.165) is 16.9 Å². The molecule has 0 radical (unpaired) electrons. The number of nitro benzene ring substituents is 1. The first kappa shape index (κ1) is 17.1. The van der Waals surface area contributed by atoms with E-state index in [1.54, 1.807) is 13.0 Å². The molecule has 2 aromatic carbocycles. The Balaban J connectivity index is 1.65. The lowest BCUT2D eigenvalue weighted by Crippen LogP contribution is -2.36. The lowest BCUT2D eigenvalue weighted by atomic mass is 10.1. The van der Waals surface area contributed by atoms with E-state index in [2.05, 4.69) is 19.1 Å². The van der Waals surface area contributed by atoms with E-state index in [0.29, 0.717) is 24.5 Å². The molecule has 1 aliphatic heterocycles. The Labute approximate surface area is 146 Å². The number of nitro groups is 1. The molecule has 0 aromatic heterocycles. The Morgan fingerprint density at radius 1 is 1.08 bits per heavy atom. The number of non-ortho nitro benzene ring substituents is 1. The monoisotopic (exact) mass is 343 g/mol. The first-order valence-corrected chi connectivity index (χ1v) is 8.14. The molecule has 0 bridgehead atoms. The Hall–Kier alpha value is -2.76. The van der Waals surface area contributed by atoms with Gasteiger partial charge in [-0.1, -0.05) is 17.7 Å². The summed E-state index contributed by atoms with van der Waals surface area (Å²) < 4.78 is 17.6. The van der Waals surface area contributed by atoms with E-state index >= 15 is 0 Å². The van der Waals surface area contributed by atoms with Crippen molar-refractivity contribution in [1.29, 1.82) is 0 Å². The summed E-state index contributed by atoms with van der Waals surface area (Å²) in [5, 5.41) is 10.9. The second-order valence-electron chi connectivity index (χ2n) is 6.55. The molecule has 6 nitrogen and oxygen atoms in total. The highest BCUT2D eigenvalue weighted by molar-refractivity contribution is 5.50. The summed E-state index contributed by atoms with van der Waals surface area (Å²) in [5.41, 5.74) is 3.37. The Kier molecular flexibility index (Phi) is 4.29. The lowest BCUT2D eigenvalue weighted by molar-refractivity contribution is -0.384. The van der Waals surface area contributed by atoms with Crippen LogP contribution in [0.1, 0.15) is 30.0 Å². The molecule has 0 fully saturated rings. The van der Waals surface area contributed by atoms with Gasteiger partial charge in [0.05, 0.1) is 24.0 Å². The minimum atomic E-state index is -0.899. The van der Waals surface area contributed by atoms with Gasteiger partial charge >= 0.3 is 0 Å². The van der Waals surface area contributed by atoms with Crippen LogP contribution in [0, 0.1) is 30.9 Å². The maximum absolute atomic E-state index is 10.9. The molecule has 3 rings (SSSR count). The van der Waals surface area contributed by atoms with E-state index in [9.17, 15) is 10.1 Å². The summed E-state index contributed by atoms with van der Waals surface area (Å²) in [6, 6.07) is 8.52. The maximum Gasteiger partial charge on any atom is 0.273 e. The second-order valence-corrected chi connectivity index (χ2v) is 6.55. The summed E-state index contributed by atoms with van der Waals surface area (Å²) in [4.78, 5) is 10.4. The predicted molar refractivity (Wildman–Crippen MR) is 93.5 cm³/mol. The van der Waals surface area contributed by atoms with Crippen molar-refractivity contribution in [3.05, 3.63) is 57.1 Å². The SMILES string of the molecule is Cc1cc(C)c(OCCC2(C)Oc3ccc([N+](=O)[O-])cc3O2)c(C)c1. The zero-order chi connectivity index (χ0) is 18.2. The number of hydrogen-bond donors (Lipinski definition) is 0. The topological polar surface area (TPSA) is 70.8 Å². The van der Waals surface area contributed by atoms with Gasteiger partial charge in [-0.15, -0.1) is 0 Å². The third kappa shape index (κ3) is 3.52. The van der Waals surface area contributed by atoms with Crippen molar-refractivity contribution in [2.45, 2.75) is 39.9 Å². The van der Waals surface area contributed by atoms with Crippen LogP contribution in [0.5, 0.6) is 17.2 Å². The predicted octanol–water partition coefficient (Wildman–Crippen LogP) is 4.48. The maximum atomic E-state index is 10.9. The quantitative estimate of drug-likeness (QED) is 0.591. The molecule has 132 valence electrons. The van der Waals surface area contributed by atoms with E-state index in [1.807, 2.05) is 13.8 Å². The number of hydrogen-bond acceptors (Lipinski definition) is 5. The number of aryl methyl sites for hydroxylation is 3. The van der Waals surface area contributed by atoms with Gasteiger partial charge < -0.3 is 14.2 Å². The highest BCUT2D eigenvalue weighted by atomic mass is 16.7. The molecule has 2 aromatic rings. The van der Waals surface area contributed by atoms with Gasteiger partial charge in [-0.25, -0.2) is 0 Å². The fourth-order valence-corrected chi connectivity index (χ4v) is 3.10. The summed E-state index contributed by atoms with van der Waals surface area (Å²) in [6.07, 6.45) is 0.488. The molecule has 0 aliphatic carbocycles. The number of ether oxygens (including phenoxy) is 3. The number of fused-ring (bicyclic) bond motifs is 1. The summed E-state index contributed by atoms with van der Waals surface area (Å²) in [6.45, 7) is 8.32. The van der Waals surface area contributed by atoms with Crippen molar-refractivity contribution >= 4 is 5.69 Å². The molecule has 0 N–H and O–H groups in total. The van der Waals surface area contributed by atoms with Gasteiger partial charge in [-0.05, 0) is 38.0 Å². The minimum Gasteiger partial charge on any atom is -0.493 e. The Morgan fingerprint density at radius 2 is 1.72 bits per heavy atom. The first-order valence-electron chi connectivity index (χ1n) is 8.14. The summed E-state index contributed by atoms with van der Waals surface area (Å²) >= 11 is 0. The van der Waals surface area contributed by atoms with E-state index in [-0.39, 0.29) is 5.69 Å². The summed E-state index contributed by atoms with van der Waals surface area (Å²) in [5.74, 6) is 0.875. The number of nitrogens with zero attached hydrogens (tertiary/aromatic N) is 1. The number of rotatable bonds is 5. The fourth-order valence-electron chi connectivity index (χ4n) is 3.10. The largest absolute Gasteiger partial charge is 0.493 e. The van der Waals surface area contributed by atoms with Crippen LogP contribution in [0.15, 0.2) is 30.3 Å². The molecule has 0 saturated heterocycles. The van der Waals surface area contributed by atoms with E-state index in [1.165, 1.54) is 17.7 Å². The highest BCUT2D eigenvalue weighted by Gasteiger charge is 2.37. The zero-order valence-corrected chi connectivity index (χ0v) is 14.8. The third-order valence-electron chi connectivity index (χ3n) is 4.20. The van der Waals surface area contributed by atoms with Crippen LogP contribution >= 0.6 is 0 Å². The van der Waals surface area contributed by atoms with Crippen LogP contribution in [-0.4, -0.2) is 17.3 Å². The molecule has 25 heavy (non-hydrogen) atoms. The van der Waals surface area contributed by atoms with Crippen molar-refractivity contribution in [2.24, 2.45) is 0 Å². The Morgan fingerprint density at radius 3 is 2.36 bits per heavy atom. The Bertz CT molecular complexity index is 810. The molecule has 0 amide bonds.